The Morgan fingerprint density at radius 1 is 1.15 bits per heavy atom. The van der Waals surface area contributed by atoms with Gasteiger partial charge in [0.1, 0.15) is 11.5 Å². The van der Waals surface area contributed by atoms with Crippen molar-refractivity contribution < 1.29 is 19.0 Å². The average molecular weight is 488 g/mol. The van der Waals surface area contributed by atoms with Gasteiger partial charge < -0.3 is 25.2 Å². The normalized spacial score (nSPS) is 14.1. The highest BCUT2D eigenvalue weighted by Gasteiger charge is 2.11. The topological polar surface area (TPSA) is 91.8 Å². The van der Waals surface area contributed by atoms with E-state index in [-0.39, 0.29) is 22.5 Å². The van der Waals surface area contributed by atoms with Crippen LogP contribution in [0.1, 0.15) is 12.0 Å². The summed E-state index contributed by atoms with van der Waals surface area (Å²) in [6.45, 7) is 6.87. The van der Waals surface area contributed by atoms with Crippen LogP contribution in [0.5, 0.6) is 11.5 Å². The molecule has 34 heavy (non-hydrogen) atoms. The molecule has 1 aliphatic heterocycles. The molecule has 10 heteroatoms. The lowest BCUT2D eigenvalue weighted by Crippen LogP contribution is -2.37. The van der Waals surface area contributed by atoms with Crippen LogP contribution >= 0.6 is 11.6 Å². The molecule has 3 N–H and O–H groups in total. The van der Waals surface area contributed by atoms with E-state index in [2.05, 4.69) is 25.5 Å². The second kappa shape index (κ2) is 11.3. The van der Waals surface area contributed by atoms with Gasteiger partial charge in [0.05, 0.1) is 31.0 Å². The number of anilines is 4. The summed E-state index contributed by atoms with van der Waals surface area (Å²) in [7, 11) is 0. The zero-order chi connectivity index (χ0) is 23.9. The van der Waals surface area contributed by atoms with Gasteiger partial charge in [0, 0.05) is 31.0 Å². The SMILES string of the molecule is Cc1cc(Nc2ncc(F)c(Nc3ccc(OCCCN4CCOCC4)cc3)n2)cc(Cl)c1O. The van der Waals surface area contributed by atoms with Gasteiger partial charge in [-0.05, 0) is 55.3 Å². The number of nitrogens with one attached hydrogen (secondary N) is 2. The molecule has 0 saturated carbocycles. The molecular weight excluding hydrogens is 461 g/mol. The van der Waals surface area contributed by atoms with Crippen LogP contribution in [0.2, 0.25) is 5.02 Å². The third kappa shape index (κ3) is 6.47. The molecule has 0 amide bonds. The van der Waals surface area contributed by atoms with Gasteiger partial charge in [0.2, 0.25) is 5.95 Å². The average Bonchev–Trinajstić information content (AvgIpc) is 2.84. The molecule has 2 aromatic carbocycles. The second-order valence-corrected chi connectivity index (χ2v) is 8.35. The van der Waals surface area contributed by atoms with E-state index >= 15 is 0 Å². The third-order valence-corrected chi connectivity index (χ3v) is 5.65. The lowest BCUT2D eigenvalue weighted by Gasteiger charge is -2.26. The number of ether oxygens (including phenoxy) is 2. The molecule has 1 saturated heterocycles. The molecule has 4 rings (SSSR count). The largest absolute Gasteiger partial charge is 0.506 e. The van der Waals surface area contributed by atoms with E-state index in [1.54, 1.807) is 31.2 Å². The maximum atomic E-state index is 14.3. The van der Waals surface area contributed by atoms with Crippen molar-refractivity contribution in [1.29, 1.82) is 0 Å². The Labute approximate surface area is 202 Å². The number of hydrogen-bond donors (Lipinski definition) is 3. The van der Waals surface area contributed by atoms with Gasteiger partial charge in [-0.3, -0.25) is 4.90 Å². The Hall–Kier alpha value is -3.14. The van der Waals surface area contributed by atoms with Crippen molar-refractivity contribution >= 4 is 34.7 Å². The molecule has 0 aliphatic carbocycles. The highest BCUT2D eigenvalue weighted by atomic mass is 35.5. The molecule has 0 atom stereocenters. The number of benzene rings is 2. The van der Waals surface area contributed by atoms with Gasteiger partial charge in [0.25, 0.3) is 0 Å². The Kier molecular flexibility index (Phi) is 7.99. The van der Waals surface area contributed by atoms with E-state index in [1.807, 2.05) is 12.1 Å². The number of aryl methyl sites for hydroxylation is 1. The lowest BCUT2D eigenvalue weighted by atomic mass is 10.2. The summed E-state index contributed by atoms with van der Waals surface area (Å²) in [6.07, 6.45) is 2.02. The fourth-order valence-corrected chi connectivity index (χ4v) is 3.79. The summed E-state index contributed by atoms with van der Waals surface area (Å²) in [4.78, 5) is 10.6. The van der Waals surface area contributed by atoms with Crippen LogP contribution in [0.15, 0.2) is 42.6 Å². The number of rotatable bonds is 9. The quantitative estimate of drug-likeness (QED) is 0.291. The van der Waals surface area contributed by atoms with E-state index in [0.29, 0.717) is 23.5 Å². The maximum absolute atomic E-state index is 14.3. The number of phenols is 1. The Balaban J connectivity index is 1.32. The molecule has 8 nitrogen and oxygen atoms in total. The molecule has 3 aromatic rings. The second-order valence-electron chi connectivity index (χ2n) is 7.94. The molecular formula is C24H27ClFN5O3. The molecule has 1 aliphatic rings. The molecule has 180 valence electrons. The maximum Gasteiger partial charge on any atom is 0.229 e. The van der Waals surface area contributed by atoms with Gasteiger partial charge in [0.15, 0.2) is 11.6 Å². The van der Waals surface area contributed by atoms with Crippen molar-refractivity contribution in [2.24, 2.45) is 0 Å². The van der Waals surface area contributed by atoms with Gasteiger partial charge in [-0.1, -0.05) is 11.6 Å². The van der Waals surface area contributed by atoms with Gasteiger partial charge in [-0.15, -0.1) is 0 Å². The fraction of sp³-hybridized carbons (Fsp3) is 0.333. The van der Waals surface area contributed by atoms with Crippen LogP contribution in [0.4, 0.5) is 27.5 Å². The minimum Gasteiger partial charge on any atom is -0.506 e. The van der Waals surface area contributed by atoms with Crippen molar-refractivity contribution in [3.63, 3.8) is 0 Å². The first kappa shape index (κ1) is 24.0. The van der Waals surface area contributed by atoms with E-state index < -0.39 is 5.82 Å². The van der Waals surface area contributed by atoms with E-state index in [4.69, 9.17) is 21.1 Å². The Bertz CT molecular complexity index is 1090. The third-order valence-electron chi connectivity index (χ3n) is 5.36. The molecule has 1 aromatic heterocycles. The fourth-order valence-electron chi connectivity index (χ4n) is 3.53. The minimum atomic E-state index is -0.589. The van der Waals surface area contributed by atoms with Gasteiger partial charge >= 0.3 is 0 Å². The monoisotopic (exact) mass is 487 g/mol. The zero-order valence-corrected chi connectivity index (χ0v) is 19.6. The summed E-state index contributed by atoms with van der Waals surface area (Å²) < 4.78 is 25.5. The molecule has 1 fully saturated rings. The molecule has 0 bridgehead atoms. The number of nitrogens with zero attached hydrogens (tertiary/aromatic N) is 3. The van der Waals surface area contributed by atoms with Crippen LogP contribution in [0.3, 0.4) is 0 Å². The number of morpholine rings is 1. The van der Waals surface area contributed by atoms with E-state index in [9.17, 15) is 9.50 Å². The van der Waals surface area contributed by atoms with Crippen molar-refractivity contribution in [3.05, 3.63) is 59.0 Å². The highest BCUT2D eigenvalue weighted by molar-refractivity contribution is 6.32. The summed E-state index contributed by atoms with van der Waals surface area (Å²) in [5.41, 5.74) is 1.83. The highest BCUT2D eigenvalue weighted by Crippen LogP contribution is 2.31. The number of aromatic hydroxyl groups is 1. The summed E-state index contributed by atoms with van der Waals surface area (Å²) >= 11 is 6.02. The Morgan fingerprint density at radius 3 is 2.65 bits per heavy atom. The predicted octanol–water partition coefficient (Wildman–Crippen LogP) is 4.87. The van der Waals surface area contributed by atoms with Crippen LogP contribution < -0.4 is 15.4 Å². The molecule has 0 radical (unpaired) electrons. The van der Waals surface area contributed by atoms with Crippen LogP contribution in [0, 0.1) is 12.7 Å². The van der Waals surface area contributed by atoms with E-state index in [1.165, 1.54) is 0 Å². The Morgan fingerprint density at radius 2 is 1.91 bits per heavy atom. The first-order valence-electron chi connectivity index (χ1n) is 11.1. The molecule has 2 heterocycles. The van der Waals surface area contributed by atoms with Crippen molar-refractivity contribution in [1.82, 2.24) is 14.9 Å². The summed E-state index contributed by atoms with van der Waals surface area (Å²) in [6, 6.07) is 10.5. The predicted molar refractivity (Wildman–Crippen MR) is 130 cm³/mol. The van der Waals surface area contributed by atoms with Gasteiger partial charge in [-0.25, -0.2) is 9.37 Å². The molecule has 0 unspecified atom stereocenters. The van der Waals surface area contributed by atoms with Crippen LogP contribution in [0.25, 0.3) is 0 Å². The lowest BCUT2D eigenvalue weighted by molar-refractivity contribution is 0.0358. The van der Waals surface area contributed by atoms with Crippen LogP contribution in [-0.4, -0.2) is 59.4 Å². The smallest absolute Gasteiger partial charge is 0.229 e. The number of halogens is 2. The number of hydrogen-bond acceptors (Lipinski definition) is 8. The minimum absolute atomic E-state index is 0.0131. The standard InChI is InChI=1S/C24H27ClFN5O3/c1-16-13-18(14-20(25)22(16)32)29-24-27-15-21(26)23(30-24)28-17-3-5-19(6-4-17)34-10-2-7-31-8-11-33-12-9-31/h3-6,13-15,32H,2,7-12H2,1H3,(H2,27,28,29,30). The first-order valence-corrected chi connectivity index (χ1v) is 11.4. The first-order chi connectivity index (χ1) is 16.5. The van der Waals surface area contributed by atoms with Crippen molar-refractivity contribution in [3.8, 4) is 11.5 Å². The molecule has 0 spiro atoms. The van der Waals surface area contributed by atoms with E-state index in [0.717, 1.165) is 51.2 Å². The van der Waals surface area contributed by atoms with Gasteiger partial charge in [-0.2, -0.15) is 4.98 Å². The number of aromatic nitrogens is 2. The van der Waals surface area contributed by atoms with Crippen molar-refractivity contribution in [2.45, 2.75) is 13.3 Å². The number of phenolic OH excluding ortho intramolecular Hbond substituents is 1. The summed E-state index contributed by atoms with van der Waals surface area (Å²) in [5, 5.41) is 15.9. The summed E-state index contributed by atoms with van der Waals surface area (Å²) in [5.74, 6) is 0.384. The van der Waals surface area contributed by atoms with Crippen LogP contribution in [-0.2, 0) is 4.74 Å². The zero-order valence-electron chi connectivity index (χ0n) is 18.9. The van der Waals surface area contributed by atoms with Crippen molar-refractivity contribution in [2.75, 3.05) is 50.1 Å².